The topological polar surface area (TPSA) is 56.7 Å². The van der Waals surface area contributed by atoms with Crippen LogP contribution in [0.15, 0.2) is 23.6 Å². The molecule has 2 rings (SSSR count). The summed E-state index contributed by atoms with van der Waals surface area (Å²) in [5.41, 5.74) is 6.25. The van der Waals surface area contributed by atoms with Gasteiger partial charge >= 0.3 is 0 Å². The zero-order valence-corrected chi connectivity index (χ0v) is 12.5. The van der Waals surface area contributed by atoms with Crippen molar-refractivity contribution in [3.05, 3.63) is 28.2 Å². The summed E-state index contributed by atoms with van der Waals surface area (Å²) >= 11 is 3.50. The highest BCUT2D eigenvalue weighted by atomic mass is 32.2. The SMILES string of the molecule is CCC(N)C(Sc1ncnn1C)c1ccc(C)s1. The Labute approximate surface area is 116 Å². The number of thioether (sulfide) groups is 1. The highest BCUT2D eigenvalue weighted by molar-refractivity contribution is 7.99. The van der Waals surface area contributed by atoms with Crippen molar-refractivity contribution in [3.8, 4) is 0 Å². The van der Waals surface area contributed by atoms with Gasteiger partial charge in [0.1, 0.15) is 6.33 Å². The van der Waals surface area contributed by atoms with E-state index in [2.05, 4.69) is 36.1 Å². The fourth-order valence-electron chi connectivity index (χ4n) is 1.68. The van der Waals surface area contributed by atoms with E-state index in [1.54, 1.807) is 22.8 Å². The molecule has 6 heteroatoms. The molecule has 2 aromatic heterocycles. The standard InChI is InChI=1S/C12H18N4S2/c1-4-9(13)11(10-6-5-8(2)17-10)18-12-14-7-15-16(12)3/h5-7,9,11H,4,13H2,1-3H3. The van der Waals surface area contributed by atoms with Crippen LogP contribution in [0.4, 0.5) is 0 Å². The Bertz CT molecular complexity index is 506. The van der Waals surface area contributed by atoms with Crippen LogP contribution in [0, 0.1) is 6.92 Å². The second kappa shape index (κ2) is 5.86. The fraction of sp³-hybridized carbons (Fsp3) is 0.500. The number of nitrogens with two attached hydrogens (primary N) is 1. The lowest BCUT2D eigenvalue weighted by atomic mass is 10.1. The maximum atomic E-state index is 6.25. The van der Waals surface area contributed by atoms with Gasteiger partial charge in [-0.2, -0.15) is 5.10 Å². The second-order valence-electron chi connectivity index (χ2n) is 4.23. The van der Waals surface area contributed by atoms with Crippen molar-refractivity contribution in [3.63, 3.8) is 0 Å². The molecule has 0 saturated heterocycles. The first-order valence-corrected chi connectivity index (χ1v) is 7.64. The third kappa shape index (κ3) is 2.93. The molecule has 0 aliphatic rings. The lowest BCUT2D eigenvalue weighted by molar-refractivity contribution is 0.630. The number of thiophene rings is 1. The van der Waals surface area contributed by atoms with E-state index in [-0.39, 0.29) is 11.3 Å². The monoisotopic (exact) mass is 282 g/mol. The van der Waals surface area contributed by atoms with Crippen molar-refractivity contribution < 1.29 is 0 Å². The highest BCUT2D eigenvalue weighted by Crippen LogP contribution is 2.39. The van der Waals surface area contributed by atoms with E-state index >= 15 is 0 Å². The van der Waals surface area contributed by atoms with E-state index in [9.17, 15) is 0 Å². The maximum Gasteiger partial charge on any atom is 0.186 e. The van der Waals surface area contributed by atoms with Crippen LogP contribution in [0.5, 0.6) is 0 Å². The van der Waals surface area contributed by atoms with Gasteiger partial charge in [0.05, 0.1) is 5.25 Å². The van der Waals surface area contributed by atoms with Gasteiger partial charge in [0.25, 0.3) is 0 Å². The summed E-state index contributed by atoms with van der Waals surface area (Å²) in [5.74, 6) is 0. The molecule has 0 fully saturated rings. The van der Waals surface area contributed by atoms with Crippen molar-refractivity contribution in [2.45, 2.75) is 36.7 Å². The Kier molecular flexibility index (Phi) is 4.42. The van der Waals surface area contributed by atoms with Crippen molar-refractivity contribution in [2.24, 2.45) is 12.8 Å². The molecule has 0 aromatic carbocycles. The van der Waals surface area contributed by atoms with Crippen LogP contribution in [-0.2, 0) is 7.05 Å². The molecule has 0 amide bonds. The first-order valence-electron chi connectivity index (χ1n) is 5.94. The summed E-state index contributed by atoms with van der Waals surface area (Å²) in [6.07, 6.45) is 2.53. The number of nitrogens with zero attached hydrogens (tertiary/aromatic N) is 3. The van der Waals surface area contributed by atoms with Crippen LogP contribution in [0.3, 0.4) is 0 Å². The molecule has 18 heavy (non-hydrogen) atoms. The predicted octanol–water partition coefficient (Wildman–Crippen LogP) is 2.76. The molecule has 2 aromatic rings. The molecule has 0 bridgehead atoms. The zero-order valence-electron chi connectivity index (χ0n) is 10.8. The Morgan fingerprint density at radius 2 is 2.28 bits per heavy atom. The van der Waals surface area contributed by atoms with Crippen molar-refractivity contribution in [1.29, 1.82) is 0 Å². The molecule has 2 atom stereocenters. The van der Waals surface area contributed by atoms with Crippen molar-refractivity contribution >= 4 is 23.1 Å². The highest BCUT2D eigenvalue weighted by Gasteiger charge is 2.23. The van der Waals surface area contributed by atoms with E-state index in [4.69, 9.17) is 5.73 Å². The zero-order chi connectivity index (χ0) is 13.1. The van der Waals surface area contributed by atoms with Gasteiger partial charge < -0.3 is 5.73 Å². The van der Waals surface area contributed by atoms with E-state index in [1.807, 2.05) is 18.4 Å². The van der Waals surface area contributed by atoms with Gasteiger partial charge in [0.15, 0.2) is 5.16 Å². The Balaban J connectivity index is 2.23. The van der Waals surface area contributed by atoms with Crippen molar-refractivity contribution in [1.82, 2.24) is 14.8 Å². The summed E-state index contributed by atoms with van der Waals surface area (Å²) in [6, 6.07) is 4.45. The molecule has 2 N–H and O–H groups in total. The molecule has 0 aliphatic carbocycles. The maximum absolute atomic E-state index is 6.25. The van der Waals surface area contributed by atoms with Crippen molar-refractivity contribution in [2.75, 3.05) is 0 Å². The first-order chi connectivity index (χ1) is 8.61. The Hall–Kier alpha value is -0.850. The number of hydrogen-bond donors (Lipinski definition) is 1. The van der Waals surface area contributed by atoms with Gasteiger partial charge in [-0.1, -0.05) is 18.7 Å². The number of aromatic nitrogens is 3. The number of aryl methyl sites for hydroxylation is 2. The predicted molar refractivity (Wildman–Crippen MR) is 76.9 cm³/mol. The van der Waals surface area contributed by atoms with E-state index in [0.717, 1.165) is 11.6 Å². The minimum atomic E-state index is 0.129. The quantitative estimate of drug-likeness (QED) is 0.857. The van der Waals surface area contributed by atoms with Crippen LogP contribution in [0.25, 0.3) is 0 Å². The average Bonchev–Trinajstić information content (AvgIpc) is 2.94. The second-order valence-corrected chi connectivity index (χ2v) is 6.65. The normalized spacial score (nSPS) is 14.7. The third-order valence-electron chi connectivity index (χ3n) is 2.80. The Morgan fingerprint density at radius 1 is 1.50 bits per heavy atom. The molecule has 2 unspecified atom stereocenters. The number of rotatable bonds is 5. The van der Waals surface area contributed by atoms with E-state index < -0.39 is 0 Å². The summed E-state index contributed by atoms with van der Waals surface area (Å²) in [6.45, 7) is 4.24. The lowest BCUT2D eigenvalue weighted by Gasteiger charge is -2.20. The van der Waals surface area contributed by atoms with E-state index in [1.165, 1.54) is 9.75 Å². The molecule has 2 heterocycles. The molecule has 0 spiro atoms. The minimum Gasteiger partial charge on any atom is -0.326 e. The Morgan fingerprint density at radius 3 is 2.78 bits per heavy atom. The van der Waals surface area contributed by atoms with Crippen LogP contribution < -0.4 is 5.73 Å². The van der Waals surface area contributed by atoms with Crippen LogP contribution in [-0.4, -0.2) is 20.8 Å². The lowest BCUT2D eigenvalue weighted by Crippen LogP contribution is -2.25. The summed E-state index contributed by atoms with van der Waals surface area (Å²) < 4.78 is 1.79. The van der Waals surface area contributed by atoms with Gasteiger partial charge in [0.2, 0.25) is 0 Å². The summed E-state index contributed by atoms with van der Waals surface area (Å²) in [4.78, 5) is 6.90. The minimum absolute atomic E-state index is 0.129. The van der Waals surface area contributed by atoms with E-state index in [0.29, 0.717) is 0 Å². The fourth-order valence-corrected chi connectivity index (χ4v) is 4.00. The van der Waals surface area contributed by atoms with Gasteiger partial charge in [-0.25, -0.2) is 9.67 Å². The summed E-state index contributed by atoms with van der Waals surface area (Å²) in [7, 11) is 1.91. The molecule has 98 valence electrons. The van der Waals surface area contributed by atoms with Gasteiger partial charge in [-0.3, -0.25) is 0 Å². The van der Waals surface area contributed by atoms with Gasteiger partial charge in [0, 0.05) is 22.8 Å². The molecule has 0 radical (unpaired) electrons. The van der Waals surface area contributed by atoms with Gasteiger partial charge in [-0.05, 0) is 25.5 Å². The molecular formula is C12H18N4S2. The number of hydrogen-bond acceptors (Lipinski definition) is 5. The molecule has 4 nitrogen and oxygen atoms in total. The average molecular weight is 282 g/mol. The summed E-state index contributed by atoms with van der Waals surface area (Å²) in [5, 5.41) is 5.26. The smallest absolute Gasteiger partial charge is 0.186 e. The largest absolute Gasteiger partial charge is 0.326 e. The van der Waals surface area contributed by atoms with Crippen LogP contribution in [0.2, 0.25) is 0 Å². The first kappa shape index (κ1) is 13.6. The molecular weight excluding hydrogens is 264 g/mol. The van der Waals surface area contributed by atoms with Crippen LogP contribution >= 0.6 is 23.1 Å². The van der Waals surface area contributed by atoms with Gasteiger partial charge in [-0.15, -0.1) is 11.3 Å². The third-order valence-corrected chi connectivity index (χ3v) is 5.47. The van der Waals surface area contributed by atoms with Crippen LogP contribution in [0.1, 0.15) is 28.3 Å². The molecule has 0 saturated carbocycles. The molecule has 0 aliphatic heterocycles.